The number of anilines is 1. The normalized spacial score (nSPS) is 11.0. The van der Waals surface area contributed by atoms with Crippen LogP contribution in [0.2, 0.25) is 0 Å². The molecule has 1 amide bonds. The summed E-state index contributed by atoms with van der Waals surface area (Å²) in [5.74, 6) is -1.22. The lowest BCUT2D eigenvalue weighted by Gasteiger charge is -2.19. The number of carbonyl (C=O) groups excluding carboxylic acids is 1. The lowest BCUT2D eigenvalue weighted by Crippen LogP contribution is -2.28. The third-order valence-electron chi connectivity index (χ3n) is 3.82. The maximum Gasteiger partial charge on any atom is 0.341 e. The smallest absolute Gasteiger partial charge is 0.341 e. The lowest BCUT2D eigenvalue weighted by atomic mass is 10.2. The molecule has 7 nitrogen and oxygen atoms in total. The van der Waals surface area contributed by atoms with Gasteiger partial charge in [-0.25, -0.2) is 13.2 Å². The first kappa shape index (κ1) is 20.4. The van der Waals surface area contributed by atoms with Crippen LogP contribution in [0.3, 0.4) is 0 Å². The van der Waals surface area contributed by atoms with Crippen molar-refractivity contribution < 1.29 is 27.9 Å². The highest BCUT2D eigenvalue weighted by Gasteiger charge is 2.24. The summed E-state index contributed by atoms with van der Waals surface area (Å²) in [5, 5.41) is 8.62. The number of carbonyl (C=O) groups is 2. The van der Waals surface area contributed by atoms with Crippen molar-refractivity contribution in [3.63, 3.8) is 0 Å². The summed E-state index contributed by atoms with van der Waals surface area (Å²) < 4.78 is 30.0. The predicted octanol–water partition coefficient (Wildman–Crippen LogP) is 2.61. The second-order valence-corrected chi connectivity index (χ2v) is 7.93. The Morgan fingerprint density at radius 3 is 2.30 bits per heavy atom. The summed E-state index contributed by atoms with van der Waals surface area (Å²) in [4.78, 5) is 24.7. The molecule has 1 N–H and O–H groups in total. The van der Waals surface area contributed by atoms with Gasteiger partial charge in [0.05, 0.1) is 16.2 Å². The van der Waals surface area contributed by atoms with Crippen LogP contribution in [0, 0.1) is 0 Å². The molecule has 8 heteroatoms. The second kappa shape index (κ2) is 8.68. The SMILES string of the molecule is CCCS(=O)(=O)c1ccccc1C(=O)N(C)c1ccc(OCC(=O)O)cc1. The number of carboxylic acid groups (broad SMARTS) is 1. The van der Waals surface area contributed by atoms with Crippen LogP contribution in [-0.4, -0.2) is 44.8 Å². The molecule has 2 rings (SSSR count). The maximum absolute atomic E-state index is 12.9. The van der Waals surface area contributed by atoms with Crippen molar-refractivity contribution in [2.45, 2.75) is 18.2 Å². The molecule has 0 aliphatic carbocycles. The second-order valence-electron chi connectivity index (χ2n) is 5.86. The van der Waals surface area contributed by atoms with Crippen molar-refractivity contribution in [1.29, 1.82) is 0 Å². The molecule has 0 fully saturated rings. The zero-order chi connectivity index (χ0) is 20.0. The monoisotopic (exact) mass is 391 g/mol. The molecule has 144 valence electrons. The van der Waals surface area contributed by atoms with Crippen molar-refractivity contribution in [2.24, 2.45) is 0 Å². The van der Waals surface area contributed by atoms with E-state index in [1.807, 2.05) is 0 Å². The first-order chi connectivity index (χ1) is 12.8. The molecule has 0 unspecified atom stereocenters. The van der Waals surface area contributed by atoms with Gasteiger partial charge in [-0.15, -0.1) is 0 Å². The number of aliphatic carboxylic acids is 1. The van der Waals surface area contributed by atoms with E-state index < -0.39 is 28.3 Å². The quantitative estimate of drug-likeness (QED) is 0.742. The fourth-order valence-corrected chi connectivity index (χ4v) is 4.04. The predicted molar refractivity (Wildman–Crippen MR) is 101 cm³/mol. The topological polar surface area (TPSA) is 101 Å². The van der Waals surface area contributed by atoms with Crippen LogP contribution in [0.1, 0.15) is 23.7 Å². The zero-order valence-corrected chi connectivity index (χ0v) is 15.9. The molecular formula is C19H21NO6S. The molecule has 0 aliphatic heterocycles. The molecule has 27 heavy (non-hydrogen) atoms. The van der Waals surface area contributed by atoms with E-state index in [1.165, 1.54) is 17.0 Å². The van der Waals surface area contributed by atoms with Gasteiger partial charge >= 0.3 is 5.97 Å². The summed E-state index contributed by atoms with van der Waals surface area (Å²) in [7, 11) is -2.01. The van der Waals surface area contributed by atoms with Crippen LogP contribution in [0.25, 0.3) is 0 Å². The van der Waals surface area contributed by atoms with E-state index >= 15 is 0 Å². The number of hydrogen-bond acceptors (Lipinski definition) is 5. The molecule has 0 saturated heterocycles. The van der Waals surface area contributed by atoms with Crippen molar-refractivity contribution in [1.82, 2.24) is 0 Å². The van der Waals surface area contributed by atoms with E-state index in [-0.39, 0.29) is 16.2 Å². The Labute approximate surface area is 158 Å². The number of ether oxygens (including phenoxy) is 1. The number of benzene rings is 2. The Morgan fingerprint density at radius 2 is 1.70 bits per heavy atom. The molecule has 0 radical (unpaired) electrons. The van der Waals surface area contributed by atoms with Crippen LogP contribution < -0.4 is 9.64 Å². The van der Waals surface area contributed by atoms with Gasteiger partial charge in [-0.2, -0.15) is 0 Å². The van der Waals surface area contributed by atoms with E-state index in [9.17, 15) is 18.0 Å². The molecule has 0 spiro atoms. The molecule has 0 aromatic heterocycles. The third-order valence-corrected chi connectivity index (χ3v) is 5.79. The van der Waals surface area contributed by atoms with E-state index in [2.05, 4.69) is 0 Å². The largest absolute Gasteiger partial charge is 0.482 e. The molecule has 0 bridgehead atoms. The van der Waals surface area contributed by atoms with Crippen molar-refractivity contribution in [3.8, 4) is 5.75 Å². The van der Waals surface area contributed by atoms with Crippen LogP contribution in [-0.2, 0) is 14.6 Å². The van der Waals surface area contributed by atoms with Gasteiger partial charge in [0.2, 0.25) is 0 Å². The highest BCUT2D eigenvalue weighted by Crippen LogP contribution is 2.24. The number of nitrogens with zero attached hydrogens (tertiary/aromatic N) is 1. The number of hydrogen-bond donors (Lipinski definition) is 1. The lowest BCUT2D eigenvalue weighted by molar-refractivity contribution is -0.139. The van der Waals surface area contributed by atoms with Crippen molar-refractivity contribution >= 4 is 27.4 Å². The van der Waals surface area contributed by atoms with Gasteiger partial charge in [0.1, 0.15) is 5.75 Å². The van der Waals surface area contributed by atoms with Crippen LogP contribution in [0.5, 0.6) is 5.75 Å². The van der Waals surface area contributed by atoms with Crippen molar-refractivity contribution in [2.75, 3.05) is 24.3 Å². The molecular weight excluding hydrogens is 370 g/mol. The standard InChI is InChI=1S/C19H21NO6S/c1-3-12-27(24,25)17-7-5-4-6-16(17)19(23)20(2)14-8-10-15(11-9-14)26-13-18(21)22/h4-11H,3,12-13H2,1-2H3,(H,21,22). The highest BCUT2D eigenvalue weighted by atomic mass is 32.2. The number of rotatable bonds is 8. The first-order valence-electron chi connectivity index (χ1n) is 8.30. The van der Waals surface area contributed by atoms with Gasteiger partial charge in [0.15, 0.2) is 16.4 Å². The highest BCUT2D eigenvalue weighted by molar-refractivity contribution is 7.91. The number of amides is 1. The van der Waals surface area contributed by atoms with E-state index in [0.717, 1.165) is 0 Å². The van der Waals surface area contributed by atoms with Gasteiger partial charge in [0.25, 0.3) is 5.91 Å². The van der Waals surface area contributed by atoms with Gasteiger partial charge in [-0.1, -0.05) is 19.1 Å². The minimum Gasteiger partial charge on any atom is -0.482 e. The summed E-state index contributed by atoms with van der Waals surface area (Å²) in [6, 6.07) is 12.4. The Morgan fingerprint density at radius 1 is 1.07 bits per heavy atom. The van der Waals surface area contributed by atoms with Gasteiger partial charge in [-0.3, -0.25) is 4.79 Å². The maximum atomic E-state index is 12.9. The molecule has 0 saturated carbocycles. The Balaban J connectivity index is 2.27. The first-order valence-corrected chi connectivity index (χ1v) is 9.96. The van der Waals surface area contributed by atoms with E-state index in [1.54, 1.807) is 50.4 Å². The van der Waals surface area contributed by atoms with Crippen LogP contribution in [0.15, 0.2) is 53.4 Å². The van der Waals surface area contributed by atoms with Gasteiger partial charge in [0, 0.05) is 12.7 Å². The fourth-order valence-electron chi connectivity index (χ4n) is 2.50. The summed E-state index contributed by atoms with van der Waals surface area (Å²) in [6.45, 7) is 1.30. The van der Waals surface area contributed by atoms with Crippen LogP contribution in [0.4, 0.5) is 5.69 Å². The average Bonchev–Trinajstić information content (AvgIpc) is 2.65. The molecule has 2 aromatic rings. The van der Waals surface area contributed by atoms with E-state index in [0.29, 0.717) is 17.9 Å². The Hall–Kier alpha value is -2.87. The Kier molecular flexibility index (Phi) is 6.57. The zero-order valence-electron chi connectivity index (χ0n) is 15.1. The van der Waals surface area contributed by atoms with Gasteiger partial charge < -0.3 is 14.7 Å². The minimum atomic E-state index is -3.55. The molecule has 2 aromatic carbocycles. The Bertz CT molecular complexity index is 921. The summed E-state index contributed by atoms with van der Waals surface area (Å²) >= 11 is 0. The van der Waals surface area contributed by atoms with Gasteiger partial charge in [-0.05, 0) is 42.8 Å². The minimum absolute atomic E-state index is 0.0186. The molecule has 0 aliphatic rings. The molecule has 0 heterocycles. The number of sulfone groups is 1. The third kappa shape index (κ3) is 5.07. The summed E-state index contributed by atoms with van der Waals surface area (Å²) in [5.41, 5.74) is 0.630. The van der Waals surface area contributed by atoms with E-state index in [4.69, 9.17) is 9.84 Å². The fraction of sp³-hybridized carbons (Fsp3) is 0.263. The molecule has 0 atom stereocenters. The van der Waals surface area contributed by atoms with Crippen molar-refractivity contribution in [3.05, 3.63) is 54.1 Å². The van der Waals surface area contributed by atoms with Crippen LogP contribution >= 0.6 is 0 Å². The number of carboxylic acids is 1. The summed E-state index contributed by atoms with van der Waals surface area (Å²) in [6.07, 6.45) is 0.457. The average molecular weight is 391 g/mol.